The fourth-order valence-electron chi connectivity index (χ4n) is 2.26. The standard InChI is InChI=1S/C14H21ClN2O2/c15-13-2-1-3-14(12-13)17-6-4-16(5-7-17)8-10-19-11-9-18/h1-3,12,18H,4-11H2. The molecule has 0 aliphatic carbocycles. The summed E-state index contributed by atoms with van der Waals surface area (Å²) in [5.74, 6) is 0. The Labute approximate surface area is 119 Å². The van der Waals surface area contributed by atoms with E-state index in [2.05, 4.69) is 15.9 Å². The van der Waals surface area contributed by atoms with E-state index < -0.39 is 0 Å². The van der Waals surface area contributed by atoms with Gasteiger partial charge in [-0.15, -0.1) is 0 Å². The van der Waals surface area contributed by atoms with Crippen molar-refractivity contribution >= 4 is 17.3 Å². The quantitative estimate of drug-likeness (QED) is 0.803. The second kappa shape index (κ2) is 7.70. The maximum Gasteiger partial charge on any atom is 0.0698 e. The lowest BCUT2D eigenvalue weighted by molar-refractivity contribution is 0.0724. The monoisotopic (exact) mass is 284 g/mol. The molecule has 0 unspecified atom stereocenters. The number of benzene rings is 1. The van der Waals surface area contributed by atoms with Gasteiger partial charge in [0.2, 0.25) is 0 Å². The van der Waals surface area contributed by atoms with E-state index in [9.17, 15) is 0 Å². The zero-order valence-corrected chi connectivity index (χ0v) is 11.9. The molecule has 0 aromatic heterocycles. The van der Waals surface area contributed by atoms with Crippen LogP contribution in [0.15, 0.2) is 24.3 Å². The molecule has 1 aliphatic heterocycles. The van der Waals surface area contributed by atoms with Crippen LogP contribution in [0.1, 0.15) is 0 Å². The van der Waals surface area contributed by atoms with Crippen LogP contribution >= 0.6 is 11.6 Å². The van der Waals surface area contributed by atoms with Gasteiger partial charge in [-0.25, -0.2) is 0 Å². The van der Waals surface area contributed by atoms with Gasteiger partial charge in [-0.2, -0.15) is 0 Å². The molecule has 5 heteroatoms. The van der Waals surface area contributed by atoms with Crippen LogP contribution in [0.5, 0.6) is 0 Å². The maximum absolute atomic E-state index is 8.63. The number of halogens is 1. The van der Waals surface area contributed by atoms with Crippen LogP contribution in [0.2, 0.25) is 5.02 Å². The summed E-state index contributed by atoms with van der Waals surface area (Å²) in [5, 5.41) is 9.42. The third kappa shape index (κ3) is 4.66. The second-order valence-electron chi connectivity index (χ2n) is 4.64. The van der Waals surface area contributed by atoms with Crippen molar-refractivity contribution in [3.63, 3.8) is 0 Å². The Balaban J connectivity index is 1.73. The smallest absolute Gasteiger partial charge is 0.0698 e. The highest BCUT2D eigenvalue weighted by atomic mass is 35.5. The Hall–Kier alpha value is -0.810. The molecule has 4 nitrogen and oxygen atoms in total. The van der Waals surface area contributed by atoms with Crippen molar-refractivity contribution < 1.29 is 9.84 Å². The summed E-state index contributed by atoms with van der Waals surface area (Å²) in [6.07, 6.45) is 0. The summed E-state index contributed by atoms with van der Waals surface area (Å²) in [4.78, 5) is 4.75. The molecule has 0 radical (unpaired) electrons. The van der Waals surface area contributed by atoms with Crippen molar-refractivity contribution in [2.24, 2.45) is 0 Å². The summed E-state index contributed by atoms with van der Waals surface area (Å²) >= 11 is 6.02. The Bertz CT molecular complexity index is 381. The summed E-state index contributed by atoms with van der Waals surface area (Å²) in [6.45, 7) is 6.26. The number of aliphatic hydroxyl groups is 1. The van der Waals surface area contributed by atoms with Gasteiger partial charge in [-0.05, 0) is 18.2 Å². The molecule has 0 amide bonds. The molecule has 0 spiro atoms. The first kappa shape index (κ1) is 14.6. The minimum absolute atomic E-state index is 0.0997. The van der Waals surface area contributed by atoms with Gasteiger partial charge in [0.25, 0.3) is 0 Å². The van der Waals surface area contributed by atoms with Gasteiger partial charge in [-0.1, -0.05) is 17.7 Å². The molecule has 0 atom stereocenters. The van der Waals surface area contributed by atoms with Crippen LogP contribution in [-0.2, 0) is 4.74 Å². The van der Waals surface area contributed by atoms with Gasteiger partial charge >= 0.3 is 0 Å². The van der Waals surface area contributed by atoms with Crippen molar-refractivity contribution in [3.8, 4) is 0 Å². The normalized spacial score (nSPS) is 16.8. The Morgan fingerprint density at radius 3 is 2.63 bits per heavy atom. The number of nitrogens with zero attached hydrogens (tertiary/aromatic N) is 2. The van der Waals surface area contributed by atoms with Crippen LogP contribution in [0.3, 0.4) is 0 Å². The first-order chi connectivity index (χ1) is 9.29. The SMILES string of the molecule is OCCOCCN1CCN(c2cccc(Cl)c2)CC1. The number of ether oxygens (including phenoxy) is 1. The third-order valence-electron chi connectivity index (χ3n) is 3.33. The van der Waals surface area contributed by atoms with Crippen LogP contribution < -0.4 is 4.90 Å². The molecule has 19 heavy (non-hydrogen) atoms. The van der Waals surface area contributed by atoms with Crippen molar-refractivity contribution in [2.45, 2.75) is 0 Å². The Kier molecular flexibility index (Phi) is 5.92. The summed E-state index contributed by atoms with van der Waals surface area (Å²) in [5.41, 5.74) is 1.20. The zero-order chi connectivity index (χ0) is 13.5. The first-order valence-corrected chi connectivity index (χ1v) is 7.09. The lowest BCUT2D eigenvalue weighted by Gasteiger charge is -2.36. The molecule has 1 N–H and O–H groups in total. The summed E-state index contributed by atoms with van der Waals surface area (Å²) < 4.78 is 5.29. The molecular weight excluding hydrogens is 264 g/mol. The third-order valence-corrected chi connectivity index (χ3v) is 3.57. The van der Waals surface area contributed by atoms with Crippen LogP contribution in [0.25, 0.3) is 0 Å². The molecule has 0 bridgehead atoms. The van der Waals surface area contributed by atoms with Crippen molar-refractivity contribution in [2.75, 3.05) is 57.4 Å². The molecule has 1 fully saturated rings. The van der Waals surface area contributed by atoms with Crippen molar-refractivity contribution in [1.82, 2.24) is 4.90 Å². The van der Waals surface area contributed by atoms with Crippen molar-refractivity contribution in [3.05, 3.63) is 29.3 Å². The summed E-state index contributed by atoms with van der Waals surface area (Å²) in [7, 11) is 0. The highest BCUT2D eigenvalue weighted by Gasteiger charge is 2.16. The van der Waals surface area contributed by atoms with E-state index >= 15 is 0 Å². The molecule has 1 aromatic carbocycles. The van der Waals surface area contributed by atoms with Crippen LogP contribution in [-0.4, -0.2) is 62.6 Å². The highest BCUT2D eigenvalue weighted by Crippen LogP contribution is 2.20. The molecule has 1 aliphatic rings. The lowest BCUT2D eigenvalue weighted by atomic mass is 10.2. The summed E-state index contributed by atoms with van der Waals surface area (Å²) in [6, 6.07) is 8.01. The van der Waals surface area contributed by atoms with Gasteiger partial charge in [-0.3, -0.25) is 4.90 Å². The Morgan fingerprint density at radius 1 is 1.16 bits per heavy atom. The molecule has 1 heterocycles. The van der Waals surface area contributed by atoms with Crippen molar-refractivity contribution in [1.29, 1.82) is 0 Å². The molecule has 106 valence electrons. The molecule has 1 aromatic rings. The van der Waals surface area contributed by atoms with E-state index in [4.69, 9.17) is 21.4 Å². The van der Waals surface area contributed by atoms with E-state index in [0.29, 0.717) is 13.2 Å². The average Bonchev–Trinajstić information content (AvgIpc) is 2.44. The predicted molar refractivity (Wildman–Crippen MR) is 78.0 cm³/mol. The maximum atomic E-state index is 8.63. The largest absolute Gasteiger partial charge is 0.394 e. The van der Waals surface area contributed by atoms with Gasteiger partial charge in [0.1, 0.15) is 0 Å². The molecule has 2 rings (SSSR count). The number of piperazine rings is 1. The highest BCUT2D eigenvalue weighted by molar-refractivity contribution is 6.30. The van der Waals surface area contributed by atoms with E-state index in [1.807, 2.05) is 18.2 Å². The number of hydrogen-bond acceptors (Lipinski definition) is 4. The molecule has 1 saturated heterocycles. The number of hydrogen-bond donors (Lipinski definition) is 1. The fraction of sp³-hybridized carbons (Fsp3) is 0.571. The number of rotatable bonds is 6. The Morgan fingerprint density at radius 2 is 1.95 bits per heavy atom. The first-order valence-electron chi connectivity index (χ1n) is 6.71. The van der Waals surface area contributed by atoms with E-state index in [-0.39, 0.29) is 6.61 Å². The second-order valence-corrected chi connectivity index (χ2v) is 5.08. The minimum Gasteiger partial charge on any atom is -0.394 e. The topological polar surface area (TPSA) is 35.9 Å². The number of aliphatic hydroxyl groups excluding tert-OH is 1. The van der Waals surface area contributed by atoms with Gasteiger partial charge < -0.3 is 14.7 Å². The fourth-order valence-corrected chi connectivity index (χ4v) is 2.45. The van der Waals surface area contributed by atoms with Gasteiger partial charge in [0.15, 0.2) is 0 Å². The zero-order valence-electron chi connectivity index (χ0n) is 11.1. The molecule has 0 saturated carbocycles. The van der Waals surface area contributed by atoms with Crippen LogP contribution in [0.4, 0.5) is 5.69 Å². The van der Waals surface area contributed by atoms with Crippen LogP contribution in [0, 0.1) is 0 Å². The average molecular weight is 285 g/mol. The van der Waals surface area contributed by atoms with Gasteiger partial charge in [0.05, 0.1) is 19.8 Å². The van der Waals surface area contributed by atoms with E-state index in [1.165, 1.54) is 5.69 Å². The minimum atomic E-state index is 0.0997. The van der Waals surface area contributed by atoms with Gasteiger partial charge in [0, 0.05) is 43.4 Å². The molecular formula is C14H21ClN2O2. The predicted octanol–water partition coefficient (Wildman–Crippen LogP) is 1.47. The van der Waals surface area contributed by atoms with E-state index in [1.54, 1.807) is 0 Å². The number of anilines is 1. The lowest BCUT2D eigenvalue weighted by Crippen LogP contribution is -2.47. The van der Waals surface area contributed by atoms with E-state index in [0.717, 1.165) is 37.7 Å².